The Labute approximate surface area is 73.6 Å². The molecule has 0 N–H and O–H groups in total. The molecule has 0 radical (unpaired) electrons. The number of rotatable bonds is 3. The molecule has 0 aliphatic heterocycles. The Bertz CT molecular complexity index is 175. The molecule has 1 saturated carbocycles. The molecule has 1 aliphatic rings. The highest BCUT2D eigenvalue weighted by atomic mass is 16.5. The van der Waals surface area contributed by atoms with Gasteiger partial charge in [0.1, 0.15) is 6.10 Å². The summed E-state index contributed by atoms with van der Waals surface area (Å²) >= 11 is 0. The topological polar surface area (TPSA) is 26.3 Å². The van der Waals surface area contributed by atoms with Gasteiger partial charge in [-0.15, -0.1) is 6.58 Å². The standard InChI is InChI=1S/C10H16O2/c1-3-7-12-10-8(2)5-4-6-9(10)11/h3,8,10H,1,4-7H2,2H3/t8-,10+/m0/s1. The molecule has 2 atom stereocenters. The predicted octanol–water partition coefficient (Wildman–Crippen LogP) is 1.95. The lowest BCUT2D eigenvalue weighted by Gasteiger charge is -2.26. The maximum Gasteiger partial charge on any atom is 0.161 e. The minimum absolute atomic E-state index is 0.170. The molecule has 0 saturated heterocycles. The van der Waals surface area contributed by atoms with E-state index in [0.717, 1.165) is 12.8 Å². The molecule has 1 fully saturated rings. The molecule has 2 nitrogen and oxygen atoms in total. The van der Waals surface area contributed by atoms with Gasteiger partial charge in [0.05, 0.1) is 6.61 Å². The molecule has 0 aromatic rings. The van der Waals surface area contributed by atoms with Gasteiger partial charge >= 0.3 is 0 Å². The minimum Gasteiger partial charge on any atom is -0.366 e. The van der Waals surface area contributed by atoms with Crippen molar-refractivity contribution in [3.8, 4) is 0 Å². The summed E-state index contributed by atoms with van der Waals surface area (Å²) in [5.74, 6) is 0.641. The zero-order chi connectivity index (χ0) is 8.97. The molecular formula is C10H16O2. The van der Waals surface area contributed by atoms with Crippen LogP contribution in [0.15, 0.2) is 12.7 Å². The summed E-state index contributed by atoms with van der Waals surface area (Å²) in [5, 5.41) is 0. The van der Waals surface area contributed by atoms with Crippen LogP contribution in [0.5, 0.6) is 0 Å². The third-order valence-electron chi connectivity index (χ3n) is 2.31. The average molecular weight is 168 g/mol. The highest BCUT2D eigenvalue weighted by Gasteiger charge is 2.28. The van der Waals surface area contributed by atoms with E-state index in [2.05, 4.69) is 13.5 Å². The third-order valence-corrected chi connectivity index (χ3v) is 2.31. The van der Waals surface area contributed by atoms with Gasteiger partial charge in [0.15, 0.2) is 5.78 Å². The maximum absolute atomic E-state index is 11.4. The average Bonchev–Trinajstić information content (AvgIpc) is 2.04. The van der Waals surface area contributed by atoms with Crippen molar-refractivity contribution in [3.63, 3.8) is 0 Å². The number of carbonyl (C=O) groups is 1. The predicted molar refractivity (Wildman–Crippen MR) is 48.0 cm³/mol. The van der Waals surface area contributed by atoms with E-state index in [9.17, 15) is 4.79 Å². The summed E-state index contributed by atoms with van der Waals surface area (Å²) in [5.41, 5.74) is 0. The molecule has 0 unspecified atom stereocenters. The van der Waals surface area contributed by atoms with E-state index < -0.39 is 0 Å². The lowest BCUT2D eigenvalue weighted by atomic mass is 9.87. The number of ketones is 1. The van der Waals surface area contributed by atoms with Crippen LogP contribution in [0, 0.1) is 5.92 Å². The second-order valence-corrected chi connectivity index (χ2v) is 3.38. The van der Waals surface area contributed by atoms with Crippen LogP contribution < -0.4 is 0 Å². The fourth-order valence-corrected chi connectivity index (χ4v) is 1.64. The number of carbonyl (C=O) groups excluding carboxylic acids is 1. The third kappa shape index (κ3) is 2.18. The molecule has 12 heavy (non-hydrogen) atoms. The van der Waals surface area contributed by atoms with Crippen LogP contribution in [0.3, 0.4) is 0 Å². The van der Waals surface area contributed by atoms with Gasteiger partial charge in [-0.3, -0.25) is 4.79 Å². The SMILES string of the molecule is C=CCO[C@H]1C(=O)CCC[C@@H]1C. The van der Waals surface area contributed by atoms with Gasteiger partial charge < -0.3 is 4.74 Å². The van der Waals surface area contributed by atoms with Gasteiger partial charge in [-0.05, 0) is 18.8 Å². The van der Waals surface area contributed by atoms with E-state index in [4.69, 9.17) is 4.74 Å². The van der Waals surface area contributed by atoms with Crippen molar-refractivity contribution in [1.82, 2.24) is 0 Å². The Morgan fingerprint density at radius 2 is 2.50 bits per heavy atom. The molecule has 0 bridgehead atoms. The molecule has 1 aliphatic carbocycles. The zero-order valence-electron chi connectivity index (χ0n) is 7.58. The Kier molecular flexibility index (Phi) is 3.48. The van der Waals surface area contributed by atoms with E-state index in [1.54, 1.807) is 6.08 Å². The number of Topliss-reactive ketones (excluding diaryl/α,β-unsaturated/α-hetero) is 1. The molecular weight excluding hydrogens is 152 g/mol. The van der Waals surface area contributed by atoms with Crippen molar-refractivity contribution in [2.75, 3.05) is 6.61 Å². The van der Waals surface area contributed by atoms with Gasteiger partial charge in [0, 0.05) is 6.42 Å². The van der Waals surface area contributed by atoms with E-state index in [-0.39, 0.29) is 11.9 Å². The first kappa shape index (κ1) is 9.46. The summed E-state index contributed by atoms with van der Waals surface area (Å²) in [7, 11) is 0. The van der Waals surface area contributed by atoms with Crippen LogP contribution in [0.25, 0.3) is 0 Å². The molecule has 1 rings (SSSR count). The van der Waals surface area contributed by atoms with Crippen LogP contribution in [-0.4, -0.2) is 18.5 Å². The Morgan fingerprint density at radius 1 is 1.75 bits per heavy atom. The molecule has 2 heteroatoms. The minimum atomic E-state index is -0.170. The second kappa shape index (κ2) is 4.41. The highest BCUT2D eigenvalue weighted by molar-refractivity contribution is 5.84. The normalized spacial score (nSPS) is 30.2. The summed E-state index contributed by atoms with van der Waals surface area (Å²) in [4.78, 5) is 11.4. The van der Waals surface area contributed by atoms with Gasteiger partial charge in [-0.1, -0.05) is 13.0 Å². The van der Waals surface area contributed by atoms with E-state index in [1.807, 2.05) is 0 Å². The van der Waals surface area contributed by atoms with Crippen molar-refractivity contribution in [3.05, 3.63) is 12.7 Å². The molecule has 0 spiro atoms. The Hall–Kier alpha value is -0.630. The first-order valence-corrected chi connectivity index (χ1v) is 4.51. The molecule has 0 heterocycles. The van der Waals surface area contributed by atoms with Gasteiger partial charge in [0.25, 0.3) is 0 Å². The van der Waals surface area contributed by atoms with Gasteiger partial charge in [-0.2, -0.15) is 0 Å². The van der Waals surface area contributed by atoms with Crippen LogP contribution in [-0.2, 0) is 9.53 Å². The molecule has 0 amide bonds. The summed E-state index contributed by atoms with van der Waals surface area (Å²) in [6.07, 6.45) is 4.33. The van der Waals surface area contributed by atoms with Crippen LogP contribution >= 0.6 is 0 Å². The van der Waals surface area contributed by atoms with Crippen molar-refractivity contribution in [2.45, 2.75) is 32.3 Å². The van der Waals surface area contributed by atoms with Crippen LogP contribution in [0.1, 0.15) is 26.2 Å². The smallest absolute Gasteiger partial charge is 0.161 e. The lowest BCUT2D eigenvalue weighted by molar-refractivity contribution is -0.135. The monoisotopic (exact) mass is 168 g/mol. The first-order valence-electron chi connectivity index (χ1n) is 4.51. The largest absolute Gasteiger partial charge is 0.366 e. The summed E-state index contributed by atoms with van der Waals surface area (Å²) in [6.45, 7) is 6.12. The van der Waals surface area contributed by atoms with Crippen molar-refractivity contribution in [1.29, 1.82) is 0 Å². The van der Waals surface area contributed by atoms with Crippen molar-refractivity contribution in [2.24, 2.45) is 5.92 Å². The Balaban J connectivity index is 2.45. The fraction of sp³-hybridized carbons (Fsp3) is 0.700. The number of hydrogen-bond donors (Lipinski definition) is 0. The van der Waals surface area contributed by atoms with E-state index in [1.165, 1.54) is 0 Å². The van der Waals surface area contributed by atoms with Crippen molar-refractivity contribution >= 4 is 5.78 Å². The van der Waals surface area contributed by atoms with Gasteiger partial charge in [-0.25, -0.2) is 0 Å². The first-order chi connectivity index (χ1) is 5.75. The molecule has 0 aromatic heterocycles. The summed E-state index contributed by atoms with van der Waals surface area (Å²) in [6, 6.07) is 0. The van der Waals surface area contributed by atoms with Gasteiger partial charge in [0.2, 0.25) is 0 Å². The number of hydrogen-bond acceptors (Lipinski definition) is 2. The van der Waals surface area contributed by atoms with Crippen molar-refractivity contribution < 1.29 is 9.53 Å². The van der Waals surface area contributed by atoms with Crippen LogP contribution in [0.4, 0.5) is 0 Å². The van der Waals surface area contributed by atoms with Crippen LogP contribution in [0.2, 0.25) is 0 Å². The van der Waals surface area contributed by atoms with E-state index >= 15 is 0 Å². The number of ether oxygens (including phenoxy) is 1. The quantitative estimate of drug-likeness (QED) is 0.602. The maximum atomic E-state index is 11.4. The second-order valence-electron chi connectivity index (χ2n) is 3.38. The Morgan fingerprint density at radius 3 is 3.08 bits per heavy atom. The lowest BCUT2D eigenvalue weighted by Crippen LogP contribution is -2.34. The van der Waals surface area contributed by atoms with E-state index in [0.29, 0.717) is 18.9 Å². The molecule has 68 valence electrons. The zero-order valence-corrected chi connectivity index (χ0v) is 7.58. The highest BCUT2D eigenvalue weighted by Crippen LogP contribution is 2.23. The fourth-order valence-electron chi connectivity index (χ4n) is 1.64. The molecule has 0 aromatic carbocycles. The summed E-state index contributed by atoms with van der Waals surface area (Å²) < 4.78 is 5.39.